The SMILES string of the molecule is CCn1cc(C(N)Cc2cccc(C(F)(F)F)c2)cn1. The number of halogens is 3. The second kappa shape index (κ2) is 5.66. The molecule has 0 fully saturated rings. The molecule has 1 heterocycles. The van der Waals surface area contributed by atoms with E-state index in [2.05, 4.69) is 5.10 Å². The summed E-state index contributed by atoms with van der Waals surface area (Å²) in [6.45, 7) is 2.69. The van der Waals surface area contributed by atoms with Gasteiger partial charge in [0, 0.05) is 24.3 Å². The van der Waals surface area contributed by atoms with Gasteiger partial charge in [-0.1, -0.05) is 18.2 Å². The molecule has 1 aromatic heterocycles. The number of alkyl halides is 3. The first-order chi connectivity index (χ1) is 9.40. The van der Waals surface area contributed by atoms with Gasteiger partial charge in [0.15, 0.2) is 0 Å². The molecule has 20 heavy (non-hydrogen) atoms. The minimum Gasteiger partial charge on any atom is -0.324 e. The van der Waals surface area contributed by atoms with Gasteiger partial charge in [0.2, 0.25) is 0 Å². The second-order valence-corrected chi connectivity index (χ2v) is 4.64. The standard InChI is InChI=1S/C14H16F3N3/c1-2-20-9-11(8-19-20)13(18)7-10-4-3-5-12(6-10)14(15,16)17/h3-6,8-9,13H,2,7,18H2,1H3. The number of benzene rings is 1. The molecular weight excluding hydrogens is 267 g/mol. The highest BCUT2D eigenvalue weighted by Gasteiger charge is 2.30. The first-order valence-electron chi connectivity index (χ1n) is 6.34. The van der Waals surface area contributed by atoms with Crippen molar-refractivity contribution in [3.8, 4) is 0 Å². The monoisotopic (exact) mass is 283 g/mol. The number of nitrogens with two attached hydrogens (primary N) is 1. The minimum absolute atomic E-state index is 0.347. The van der Waals surface area contributed by atoms with Crippen LogP contribution in [0.5, 0.6) is 0 Å². The molecule has 1 atom stereocenters. The summed E-state index contributed by atoms with van der Waals surface area (Å²) < 4.78 is 39.6. The van der Waals surface area contributed by atoms with Crippen LogP contribution in [0.2, 0.25) is 0 Å². The fourth-order valence-corrected chi connectivity index (χ4v) is 1.99. The molecule has 6 heteroatoms. The predicted octanol–water partition coefficient (Wildman–Crippen LogP) is 3.16. The van der Waals surface area contributed by atoms with Gasteiger partial charge in [0.1, 0.15) is 0 Å². The van der Waals surface area contributed by atoms with Crippen LogP contribution in [-0.4, -0.2) is 9.78 Å². The summed E-state index contributed by atoms with van der Waals surface area (Å²) in [6, 6.07) is 4.90. The summed E-state index contributed by atoms with van der Waals surface area (Å²) in [5.74, 6) is 0. The topological polar surface area (TPSA) is 43.8 Å². The summed E-state index contributed by atoms with van der Waals surface area (Å²) >= 11 is 0. The molecule has 2 N–H and O–H groups in total. The Balaban J connectivity index is 2.13. The summed E-state index contributed by atoms with van der Waals surface area (Å²) in [7, 11) is 0. The lowest BCUT2D eigenvalue weighted by atomic mass is 10.0. The molecule has 0 radical (unpaired) electrons. The van der Waals surface area contributed by atoms with Gasteiger partial charge in [-0.3, -0.25) is 4.68 Å². The summed E-state index contributed by atoms with van der Waals surface area (Å²) in [6.07, 6.45) is -0.507. The Morgan fingerprint density at radius 3 is 2.70 bits per heavy atom. The van der Waals surface area contributed by atoms with Crippen LogP contribution in [0.3, 0.4) is 0 Å². The zero-order chi connectivity index (χ0) is 14.8. The van der Waals surface area contributed by atoms with Gasteiger partial charge in [-0.15, -0.1) is 0 Å². The highest BCUT2D eigenvalue weighted by molar-refractivity contribution is 5.27. The third-order valence-electron chi connectivity index (χ3n) is 3.12. The van der Waals surface area contributed by atoms with E-state index in [1.54, 1.807) is 16.9 Å². The molecule has 3 nitrogen and oxygen atoms in total. The lowest BCUT2D eigenvalue weighted by Gasteiger charge is -2.12. The molecular formula is C14H16F3N3. The van der Waals surface area contributed by atoms with Crippen molar-refractivity contribution in [2.75, 3.05) is 0 Å². The number of aromatic nitrogens is 2. The summed E-state index contributed by atoms with van der Waals surface area (Å²) in [5.41, 5.74) is 6.76. The van der Waals surface area contributed by atoms with Crippen LogP contribution in [0, 0.1) is 0 Å². The fourth-order valence-electron chi connectivity index (χ4n) is 1.99. The lowest BCUT2D eigenvalue weighted by Crippen LogP contribution is -2.13. The normalized spacial score (nSPS) is 13.4. The molecule has 2 rings (SSSR count). The van der Waals surface area contributed by atoms with E-state index in [9.17, 15) is 13.2 Å². The van der Waals surface area contributed by atoms with Crippen molar-refractivity contribution in [2.24, 2.45) is 5.73 Å². The molecule has 0 aliphatic rings. The van der Waals surface area contributed by atoms with Crippen molar-refractivity contribution >= 4 is 0 Å². The smallest absolute Gasteiger partial charge is 0.324 e. The molecule has 0 bridgehead atoms. The van der Waals surface area contributed by atoms with Crippen molar-refractivity contribution in [1.82, 2.24) is 9.78 Å². The third-order valence-corrected chi connectivity index (χ3v) is 3.12. The van der Waals surface area contributed by atoms with E-state index in [1.165, 1.54) is 6.07 Å². The summed E-state index contributed by atoms with van der Waals surface area (Å²) in [4.78, 5) is 0. The van der Waals surface area contributed by atoms with Crippen LogP contribution in [0.4, 0.5) is 13.2 Å². The van der Waals surface area contributed by atoms with E-state index in [4.69, 9.17) is 5.73 Å². The Hall–Kier alpha value is -1.82. The molecule has 0 amide bonds. The Kier molecular flexibility index (Phi) is 4.13. The Morgan fingerprint density at radius 1 is 1.35 bits per heavy atom. The average Bonchev–Trinajstić information content (AvgIpc) is 2.87. The number of aryl methyl sites for hydroxylation is 1. The number of rotatable bonds is 4. The van der Waals surface area contributed by atoms with Gasteiger partial charge in [-0.05, 0) is 25.0 Å². The van der Waals surface area contributed by atoms with Gasteiger partial charge in [-0.25, -0.2) is 0 Å². The quantitative estimate of drug-likeness (QED) is 0.936. The van der Waals surface area contributed by atoms with E-state index < -0.39 is 11.7 Å². The Labute approximate surface area is 115 Å². The van der Waals surface area contributed by atoms with E-state index >= 15 is 0 Å². The number of hydrogen-bond acceptors (Lipinski definition) is 2. The van der Waals surface area contributed by atoms with Gasteiger partial charge in [0.25, 0.3) is 0 Å². The molecule has 1 aromatic carbocycles. The zero-order valence-corrected chi connectivity index (χ0v) is 11.1. The van der Waals surface area contributed by atoms with Crippen molar-refractivity contribution < 1.29 is 13.2 Å². The third kappa shape index (κ3) is 3.39. The van der Waals surface area contributed by atoms with Crippen molar-refractivity contribution in [3.63, 3.8) is 0 Å². The molecule has 0 aliphatic carbocycles. The number of hydrogen-bond donors (Lipinski definition) is 1. The highest BCUT2D eigenvalue weighted by atomic mass is 19.4. The van der Waals surface area contributed by atoms with Crippen LogP contribution in [0.1, 0.15) is 29.7 Å². The predicted molar refractivity (Wildman–Crippen MR) is 70.0 cm³/mol. The molecule has 0 aliphatic heterocycles. The van der Waals surface area contributed by atoms with Gasteiger partial charge in [-0.2, -0.15) is 18.3 Å². The van der Waals surface area contributed by atoms with E-state index in [1.807, 2.05) is 13.1 Å². The molecule has 1 unspecified atom stereocenters. The van der Waals surface area contributed by atoms with Gasteiger partial charge in [0.05, 0.1) is 11.8 Å². The molecule has 0 saturated heterocycles. The van der Waals surface area contributed by atoms with Crippen molar-refractivity contribution in [1.29, 1.82) is 0 Å². The largest absolute Gasteiger partial charge is 0.416 e. The van der Waals surface area contributed by atoms with Crippen LogP contribution >= 0.6 is 0 Å². The van der Waals surface area contributed by atoms with Crippen molar-refractivity contribution in [2.45, 2.75) is 32.1 Å². The van der Waals surface area contributed by atoms with Gasteiger partial charge < -0.3 is 5.73 Å². The molecule has 108 valence electrons. The van der Waals surface area contributed by atoms with Crippen LogP contribution in [-0.2, 0) is 19.1 Å². The van der Waals surface area contributed by atoms with E-state index in [0.717, 1.165) is 24.2 Å². The van der Waals surface area contributed by atoms with E-state index in [-0.39, 0.29) is 6.04 Å². The van der Waals surface area contributed by atoms with Crippen LogP contribution in [0.15, 0.2) is 36.7 Å². The maximum Gasteiger partial charge on any atom is 0.416 e. The van der Waals surface area contributed by atoms with Gasteiger partial charge >= 0.3 is 6.18 Å². The second-order valence-electron chi connectivity index (χ2n) is 4.64. The number of nitrogens with zero attached hydrogens (tertiary/aromatic N) is 2. The average molecular weight is 283 g/mol. The zero-order valence-electron chi connectivity index (χ0n) is 11.1. The highest BCUT2D eigenvalue weighted by Crippen LogP contribution is 2.30. The Bertz CT molecular complexity index is 575. The summed E-state index contributed by atoms with van der Waals surface area (Å²) in [5, 5.41) is 4.11. The van der Waals surface area contributed by atoms with Crippen LogP contribution < -0.4 is 5.73 Å². The fraction of sp³-hybridized carbons (Fsp3) is 0.357. The lowest BCUT2D eigenvalue weighted by molar-refractivity contribution is -0.137. The maximum atomic E-state index is 12.6. The van der Waals surface area contributed by atoms with E-state index in [0.29, 0.717) is 12.0 Å². The van der Waals surface area contributed by atoms with Crippen molar-refractivity contribution in [3.05, 3.63) is 53.3 Å². The minimum atomic E-state index is -4.33. The first-order valence-corrected chi connectivity index (χ1v) is 6.34. The van der Waals surface area contributed by atoms with Crippen LogP contribution in [0.25, 0.3) is 0 Å². The molecule has 0 spiro atoms. The molecule has 2 aromatic rings. The Morgan fingerprint density at radius 2 is 2.10 bits per heavy atom. The first kappa shape index (κ1) is 14.6. The molecule has 0 saturated carbocycles. The maximum absolute atomic E-state index is 12.6.